The molecule has 0 amide bonds. The summed E-state index contributed by atoms with van der Waals surface area (Å²) in [4.78, 5) is 2.49. The number of piperidine rings is 1. The molecule has 1 aromatic carbocycles. The molecular weight excluding hydrogens is 314 g/mol. The minimum absolute atomic E-state index is 0.0136. The van der Waals surface area contributed by atoms with Crippen LogP contribution in [-0.4, -0.2) is 30.1 Å². The van der Waals surface area contributed by atoms with Crippen molar-refractivity contribution in [3.8, 4) is 0 Å². The van der Waals surface area contributed by atoms with Gasteiger partial charge in [0.2, 0.25) is 0 Å². The third-order valence-corrected chi connectivity index (χ3v) is 4.63. The van der Waals surface area contributed by atoms with Crippen molar-refractivity contribution in [2.24, 2.45) is 0 Å². The predicted molar refractivity (Wildman–Crippen MR) is 75.3 cm³/mol. The van der Waals surface area contributed by atoms with Crippen LogP contribution in [0.1, 0.15) is 25.7 Å². The molecule has 1 aromatic rings. The van der Waals surface area contributed by atoms with Crippen molar-refractivity contribution in [1.29, 1.82) is 0 Å². The molecule has 2 aliphatic heterocycles. The fourth-order valence-electron chi connectivity index (χ4n) is 3.24. The third kappa shape index (κ3) is 2.77. The maximum absolute atomic E-state index is 13.8. The Kier molecular flexibility index (Phi) is 3.76. The Morgan fingerprint density at radius 2 is 1.89 bits per heavy atom. The first-order valence-corrected chi connectivity index (χ1v) is 7.58. The van der Waals surface area contributed by atoms with Gasteiger partial charge in [-0.25, -0.2) is 8.78 Å². The molecule has 0 radical (unpaired) electrons. The summed E-state index contributed by atoms with van der Waals surface area (Å²) in [5.41, 5.74) is 0.0136. The molecule has 2 saturated heterocycles. The molecule has 3 rings (SSSR count). The van der Waals surface area contributed by atoms with Crippen molar-refractivity contribution in [1.82, 2.24) is 4.90 Å². The monoisotopic (exact) mass is 330 g/mol. The number of fused-ring (bicyclic) bond motifs is 1. The zero-order valence-electron chi connectivity index (χ0n) is 10.6. The van der Waals surface area contributed by atoms with Crippen molar-refractivity contribution < 1.29 is 8.78 Å². The van der Waals surface area contributed by atoms with E-state index in [1.807, 2.05) is 0 Å². The lowest BCUT2D eigenvalue weighted by Crippen LogP contribution is -2.43. The number of benzene rings is 1. The molecule has 2 fully saturated rings. The number of halogens is 3. The van der Waals surface area contributed by atoms with Gasteiger partial charge in [0.05, 0.1) is 0 Å². The lowest BCUT2D eigenvalue weighted by atomic mass is 9.97. The highest BCUT2D eigenvalue weighted by Crippen LogP contribution is 2.30. The highest BCUT2D eigenvalue weighted by molar-refractivity contribution is 9.10. The lowest BCUT2D eigenvalue weighted by molar-refractivity contribution is 0.188. The normalized spacial score (nSPS) is 27.3. The quantitative estimate of drug-likeness (QED) is 0.888. The average molecular weight is 331 g/mol. The number of rotatable bonds is 2. The van der Waals surface area contributed by atoms with E-state index in [9.17, 15) is 8.78 Å². The molecule has 0 aromatic heterocycles. The summed E-state index contributed by atoms with van der Waals surface area (Å²) in [5, 5.41) is 3.06. The van der Waals surface area contributed by atoms with E-state index < -0.39 is 11.6 Å². The van der Waals surface area contributed by atoms with E-state index in [4.69, 9.17) is 0 Å². The maximum atomic E-state index is 13.8. The number of hydrogen-bond acceptors (Lipinski definition) is 2. The van der Waals surface area contributed by atoms with Crippen LogP contribution in [0.2, 0.25) is 0 Å². The first-order valence-electron chi connectivity index (χ1n) is 6.78. The molecule has 0 aliphatic carbocycles. The Morgan fingerprint density at radius 1 is 1.16 bits per heavy atom. The highest BCUT2D eigenvalue weighted by atomic mass is 79.9. The molecule has 2 aliphatic rings. The van der Waals surface area contributed by atoms with Gasteiger partial charge in [-0.15, -0.1) is 0 Å². The van der Waals surface area contributed by atoms with Crippen LogP contribution in [0.4, 0.5) is 14.5 Å². The van der Waals surface area contributed by atoms with Crippen LogP contribution < -0.4 is 5.32 Å². The second kappa shape index (κ2) is 5.37. The van der Waals surface area contributed by atoms with Crippen molar-refractivity contribution >= 4 is 21.6 Å². The Bertz CT molecular complexity index is 458. The van der Waals surface area contributed by atoms with E-state index in [-0.39, 0.29) is 11.7 Å². The molecule has 104 valence electrons. The SMILES string of the molecule is Fc1cc(Br)cc(F)c1NC1CCN2CCCC2C1. The summed E-state index contributed by atoms with van der Waals surface area (Å²) in [6.07, 6.45) is 4.39. The smallest absolute Gasteiger partial charge is 0.150 e. The summed E-state index contributed by atoms with van der Waals surface area (Å²) in [6.45, 7) is 2.21. The van der Waals surface area contributed by atoms with Gasteiger partial charge in [0, 0.05) is 23.1 Å². The van der Waals surface area contributed by atoms with Gasteiger partial charge in [0.15, 0.2) is 0 Å². The largest absolute Gasteiger partial charge is 0.377 e. The predicted octanol–water partition coefficient (Wildman–Crippen LogP) is 3.77. The zero-order chi connectivity index (χ0) is 13.4. The Hall–Kier alpha value is -0.680. The Labute approximate surface area is 120 Å². The minimum Gasteiger partial charge on any atom is -0.377 e. The van der Waals surface area contributed by atoms with Crippen LogP contribution in [0.3, 0.4) is 0 Å². The van der Waals surface area contributed by atoms with Crippen molar-refractivity contribution in [2.45, 2.75) is 37.8 Å². The van der Waals surface area contributed by atoms with Crippen LogP contribution >= 0.6 is 15.9 Å². The number of nitrogens with one attached hydrogen (secondary N) is 1. The van der Waals surface area contributed by atoms with Crippen LogP contribution in [0, 0.1) is 11.6 Å². The summed E-state index contributed by atoms with van der Waals surface area (Å²) in [6, 6.07) is 3.36. The fraction of sp³-hybridized carbons (Fsp3) is 0.571. The zero-order valence-corrected chi connectivity index (χ0v) is 12.2. The first kappa shape index (κ1) is 13.3. The molecule has 0 spiro atoms. The molecule has 2 nitrogen and oxygen atoms in total. The van der Waals surface area contributed by atoms with Gasteiger partial charge >= 0.3 is 0 Å². The molecule has 2 atom stereocenters. The van der Waals surface area contributed by atoms with Gasteiger partial charge in [0.1, 0.15) is 17.3 Å². The van der Waals surface area contributed by atoms with Gasteiger partial charge in [0.25, 0.3) is 0 Å². The molecule has 2 unspecified atom stereocenters. The van der Waals surface area contributed by atoms with E-state index in [1.54, 1.807) is 0 Å². The fourth-order valence-corrected chi connectivity index (χ4v) is 3.64. The topological polar surface area (TPSA) is 15.3 Å². The molecule has 2 heterocycles. The number of anilines is 1. The highest BCUT2D eigenvalue weighted by Gasteiger charge is 2.32. The van der Waals surface area contributed by atoms with Crippen LogP contribution in [0.25, 0.3) is 0 Å². The Balaban J connectivity index is 1.72. The number of hydrogen-bond donors (Lipinski definition) is 1. The average Bonchev–Trinajstić information content (AvgIpc) is 2.81. The molecule has 19 heavy (non-hydrogen) atoms. The summed E-state index contributed by atoms with van der Waals surface area (Å²) >= 11 is 3.09. The lowest BCUT2D eigenvalue weighted by Gasteiger charge is -2.35. The number of nitrogens with zero attached hydrogens (tertiary/aromatic N) is 1. The van der Waals surface area contributed by atoms with E-state index in [1.165, 1.54) is 31.5 Å². The van der Waals surface area contributed by atoms with Crippen LogP contribution in [0.15, 0.2) is 16.6 Å². The van der Waals surface area contributed by atoms with Gasteiger partial charge < -0.3 is 10.2 Å². The van der Waals surface area contributed by atoms with E-state index >= 15 is 0 Å². The van der Waals surface area contributed by atoms with E-state index in [0.717, 1.165) is 19.4 Å². The second-order valence-electron chi connectivity index (χ2n) is 5.44. The third-order valence-electron chi connectivity index (χ3n) is 4.18. The van der Waals surface area contributed by atoms with Gasteiger partial charge in [-0.05, 0) is 44.4 Å². The molecule has 0 saturated carbocycles. The molecule has 0 bridgehead atoms. The first-order chi connectivity index (χ1) is 9.13. The minimum atomic E-state index is -0.527. The van der Waals surface area contributed by atoms with Gasteiger partial charge in [-0.3, -0.25) is 0 Å². The Morgan fingerprint density at radius 3 is 2.63 bits per heavy atom. The maximum Gasteiger partial charge on any atom is 0.150 e. The second-order valence-corrected chi connectivity index (χ2v) is 6.36. The summed E-state index contributed by atoms with van der Waals surface area (Å²) in [5.74, 6) is -1.05. The molecular formula is C14H17BrF2N2. The van der Waals surface area contributed by atoms with E-state index in [2.05, 4.69) is 26.1 Å². The van der Waals surface area contributed by atoms with Crippen molar-refractivity contribution in [3.05, 3.63) is 28.2 Å². The summed E-state index contributed by atoms with van der Waals surface area (Å²) < 4.78 is 28.0. The van der Waals surface area contributed by atoms with Crippen molar-refractivity contribution in [3.63, 3.8) is 0 Å². The van der Waals surface area contributed by atoms with E-state index in [0.29, 0.717) is 10.5 Å². The molecule has 5 heteroatoms. The van der Waals surface area contributed by atoms with Gasteiger partial charge in [-0.2, -0.15) is 0 Å². The molecule has 1 N–H and O–H groups in total. The standard InChI is InChI=1S/C14H17BrF2N2/c15-9-6-12(16)14(13(17)7-9)18-10-3-5-19-4-1-2-11(19)8-10/h6-7,10-11,18H,1-5,8H2. The summed E-state index contributed by atoms with van der Waals surface area (Å²) in [7, 11) is 0. The van der Waals surface area contributed by atoms with Crippen molar-refractivity contribution in [2.75, 3.05) is 18.4 Å². The van der Waals surface area contributed by atoms with Gasteiger partial charge in [-0.1, -0.05) is 15.9 Å². The van der Waals surface area contributed by atoms with Crippen LogP contribution in [0.5, 0.6) is 0 Å². The van der Waals surface area contributed by atoms with Crippen LogP contribution in [-0.2, 0) is 0 Å².